The van der Waals surface area contributed by atoms with Gasteiger partial charge in [-0.2, -0.15) is 0 Å². The zero-order chi connectivity index (χ0) is 16.2. The molecule has 1 aromatic rings. The molecule has 21 heavy (non-hydrogen) atoms. The zero-order valence-electron chi connectivity index (χ0n) is 13.0. The molecule has 0 aliphatic heterocycles. The van der Waals surface area contributed by atoms with E-state index in [4.69, 9.17) is 27.9 Å². The number of alkyl halides is 1. The lowest BCUT2D eigenvalue weighted by Gasteiger charge is -2.26. The van der Waals surface area contributed by atoms with Crippen LogP contribution in [0.3, 0.4) is 0 Å². The van der Waals surface area contributed by atoms with E-state index in [1.165, 1.54) is 0 Å². The summed E-state index contributed by atoms with van der Waals surface area (Å²) in [6, 6.07) is 1.48. The van der Waals surface area contributed by atoms with Crippen molar-refractivity contribution in [2.75, 3.05) is 0 Å². The van der Waals surface area contributed by atoms with Gasteiger partial charge in [0.05, 0.1) is 16.8 Å². The molecule has 0 aromatic carbocycles. The van der Waals surface area contributed by atoms with Gasteiger partial charge in [0.25, 0.3) is 0 Å². The zero-order valence-corrected chi connectivity index (χ0v) is 14.5. The van der Waals surface area contributed by atoms with Crippen LogP contribution in [0.1, 0.15) is 51.9 Å². The van der Waals surface area contributed by atoms with Crippen LogP contribution in [0.4, 0.5) is 4.79 Å². The fraction of sp³-hybridized carbons (Fsp3) is 0.600. The SMILES string of the molecule is CC(C)C(NC(=O)OC(C)(C)C)c1ncc(Cl)cc1CCl. The number of carbonyl (C=O) groups excluding carboxylic acids is 1. The molecule has 0 saturated heterocycles. The Kier molecular flexibility index (Phi) is 6.29. The predicted octanol–water partition coefficient (Wildman–Crippen LogP) is 4.70. The van der Waals surface area contributed by atoms with Crippen LogP contribution < -0.4 is 5.32 Å². The van der Waals surface area contributed by atoms with Crippen molar-refractivity contribution in [2.24, 2.45) is 5.92 Å². The van der Waals surface area contributed by atoms with Gasteiger partial charge in [-0.3, -0.25) is 4.98 Å². The van der Waals surface area contributed by atoms with Gasteiger partial charge in [0, 0.05) is 12.1 Å². The molecule has 4 nitrogen and oxygen atoms in total. The Bertz CT molecular complexity index is 499. The number of hydrogen-bond acceptors (Lipinski definition) is 3. The van der Waals surface area contributed by atoms with Crippen LogP contribution >= 0.6 is 23.2 Å². The smallest absolute Gasteiger partial charge is 0.408 e. The average molecular weight is 333 g/mol. The first-order valence-electron chi connectivity index (χ1n) is 6.84. The van der Waals surface area contributed by atoms with Crippen molar-refractivity contribution < 1.29 is 9.53 Å². The number of ether oxygens (including phenoxy) is 1. The molecule has 118 valence electrons. The van der Waals surface area contributed by atoms with Gasteiger partial charge < -0.3 is 10.1 Å². The number of rotatable bonds is 4. The second-order valence-corrected chi connectivity index (χ2v) is 6.90. The Labute approximate surface area is 136 Å². The van der Waals surface area contributed by atoms with E-state index in [9.17, 15) is 4.79 Å². The molecule has 1 amide bonds. The number of alkyl carbamates (subject to hydrolysis) is 1. The normalized spacial score (nSPS) is 13.1. The van der Waals surface area contributed by atoms with E-state index in [1.807, 2.05) is 34.6 Å². The summed E-state index contributed by atoms with van der Waals surface area (Å²) in [4.78, 5) is 16.3. The van der Waals surface area contributed by atoms with E-state index in [0.29, 0.717) is 5.02 Å². The highest BCUT2D eigenvalue weighted by Gasteiger charge is 2.25. The van der Waals surface area contributed by atoms with Crippen molar-refractivity contribution in [2.45, 2.75) is 52.1 Å². The van der Waals surface area contributed by atoms with E-state index in [0.717, 1.165) is 11.3 Å². The molecule has 0 aliphatic rings. The Balaban J connectivity index is 3.00. The first kappa shape index (κ1) is 18.1. The number of carbonyl (C=O) groups is 1. The van der Waals surface area contributed by atoms with E-state index < -0.39 is 11.7 Å². The molecule has 0 spiro atoms. The van der Waals surface area contributed by atoms with Crippen molar-refractivity contribution in [1.29, 1.82) is 0 Å². The van der Waals surface area contributed by atoms with Crippen LogP contribution in [-0.4, -0.2) is 16.7 Å². The molecular formula is C15H22Cl2N2O2. The highest BCUT2D eigenvalue weighted by molar-refractivity contribution is 6.30. The summed E-state index contributed by atoms with van der Waals surface area (Å²) in [7, 11) is 0. The van der Waals surface area contributed by atoms with Gasteiger partial charge in [0.15, 0.2) is 0 Å². The van der Waals surface area contributed by atoms with Crippen LogP contribution in [0.15, 0.2) is 12.3 Å². The van der Waals surface area contributed by atoms with E-state index in [1.54, 1.807) is 12.3 Å². The van der Waals surface area contributed by atoms with Crippen molar-refractivity contribution in [3.8, 4) is 0 Å². The molecule has 0 saturated carbocycles. The van der Waals surface area contributed by atoms with Crippen LogP contribution in [0.25, 0.3) is 0 Å². The number of pyridine rings is 1. The topological polar surface area (TPSA) is 51.2 Å². The molecule has 0 aliphatic carbocycles. The van der Waals surface area contributed by atoms with Gasteiger partial charge in [-0.05, 0) is 38.3 Å². The lowest BCUT2D eigenvalue weighted by atomic mass is 9.97. The molecule has 0 bridgehead atoms. The summed E-state index contributed by atoms with van der Waals surface area (Å²) in [5.41, 5.74) is 0.975. The summed E-state index contributed by atoms with van der Waals surface area (Å²) < 4.78 is 5.30. The number of nitrogens with one attached hydrogen (secondary N) is 1. The lowest BCUT2D eigenvalue weighted by Crippen LogP contribution is -2.37. The summed E-state index contributed by atoms with van der Waals surface area (Å²) in [5, 5.41) is 3.38. The molecule has 6 heteroatoms. The molecule has 1 unspecified atom stereocenters. The third-order valence-electron chi connectivity index (χ3n) is 2.75. The average Bonchev–Trinajstić information content (AvgIpc) is 2.33. The van der Waals surface area contributed by atoms with Crippen LogP contribution in [-0.2, 0) is 10.6 Å². The van der Waals surface area contributed by atoms with Crippen molar-refractivity contribution in [1.82, 2.24) is 10.3 Å². The third kappa shape index (κ3) is 5.71. The third-order valence-corrected chi connectivity index (χ3v) is 3.24. The monoisotopic (exact) mass is 332 g/mol. The highest BCUT2D eigenvalue weighted by Crippen LogP contribution is 2.26. The first-order chi connectivity index (χ1) is 9.64. The Morgan fingerprint density at radius 3 is 2.52 bits per heavy atom. The van der Waals surface area contributed by atoms with Crippen LogP contribution in [0.2, 0.25) is 5.02 Å². The highest BCUT2D eigenvalue weighted by atomic mass is 35.5. The van der Waals surface area contributed by atoms with Crippen LogP contribution in [0, 0.1) is 5.92 Å². The minimum Gasteiger partial charge on any atom is -0.444 e. The molecule has 0 fully saturated rings. The molecule has 0 radical (unpaired) electrons. The van der Waals surface area contributed by atoms with Gasteiger partial charge in [-0.25, -0.2) is 4.79 Å². The number of aromatic nitrogens is 1. The Morgan fingerprint density at radius 2 is 2.05 bits per heavy atom. The van der Waals surface area contributed by atoms with E-state index in [2.05, 4.69) is 10.3 Å². The molecule has 1 rings (SSSR count). The maximum atomic E-state index is 12.0. The predicted molar refractivity (Wildman–Crippen MR) is 85.8 cm³/mol. The standard InChI is InChI=1S/C15H22Cl2N2O2/c1-9(2)12(19-14(20)21-15(3,4)5)13-10(7-16)6-11(17)8-18-13/h6,8-9,12H,7H2,1-5H3,(H,19,20). The molecule has 1 heterocycles. The molecule has 1 N–H and O–H groups in total. The number of nitrogens with zero attached hydrogens (tertiary/aromatic N) is 1. The summed E-state index contributed by atoms with van der Waals surface area (Å²) >= 11 is 11.9. The number of amides is 1. The fourth-order valence-corrected chi connectivity index (χ4v) is 2.26. The number of hydrogen-bond donors (Lipinski definition) is 1. The molecular weight excluding hydrogens is 311 g/mol. The van der Waals surface area contributed by atoms with Gasteiger partial charge in [0.1, 0.15) is 5.60 Å². The second kappa shape index (κ2) is 7.32. The van der Waals surface area contributed by atoms with Gasteiger partial charge in [0.2, 0.25) is 0 Å². The minimum absolute atomic E-state index is 0.133. The minimum atomic E-state index is -0.547. The van der Waals surface area contributed by atoms with Crippen molar-refractivity contribution in [3.63, 3.8) is 0 Å². The van der Waals surface area contributed by atoms with Gasteiger partial charge >= 0.3 is 6.09 Å². The van der Waals surface area contributed by atoms with Gasteiger partial charge in [-0.15, -0.1) is 11.6 Å². The quantitative estimate of drug-likeness (QED) is 0.813. The van der Waals surface area contributed by atoms with E-state index in [-0.39, 0.29) is 17.8 Å². The number of halogens is 2. The second-order valence-electron chi connectivity index (χ2n) is 6.20. The first-order valence-corrected chi connectivity index (χ1v) is 7.75. The fourth-order valence-electron chi connectivity index (χ4n) is 1.86. The largest absolute Gasteiger partial charge is 0.444 e. The summed E-state index contributed by atoms with van der Waals surface area (Å²) in [6.45, 7) is 9.46. The molecule has 1 atom stereocenters. The lowest BCUT2D eigenvalue weighted by molar-refractivity contribution is 0.0488. The maximum Gasteiger partial charge on any atom is 0.408 e. The Hall–Kier alpha value is -1.000. The van der Waals surface area contributed by atoms with Crippen molar-refractivity contribution in [3.05, 3.63) is 28.5 Å². The van der Waals surface area contributed by atoms with Crippen molar-refractivity contribution >= 4 is 29.3 Å². The summed E-state index contributed by atoms with van der Waals surface area (Å²) in [6.07, 6.45) is 1.08. The van der Waals surface area contributed by atoms with E-state index >= 15 is 0 Å². The summed E-state index contributed by atoms with van der Waals surface area (Å²) in [5.74, 6) is 0.412. The van der Waals surface area contributed by atoms with Gasteiger partial charge in [-0.1, -0.05) is 25.4 Å². The molecule has 1 aromatic heterocycles. The Morgan fingerprint density at radius 1 is 1.43 bits per heavy atom. The van der Waals surface area contributed by atoms with Crippen LogP contribution in [0.5, 0.6) is 0 Å². The maximum absolute atomic E-state index is 12.0.